The third-order valence-corrected chi connectivity index (χ3v) is 8.41. The maximum atomic E-state index is 13.7. The van der Waals surface area contributed by atoms with Gasteiger partial charge in [-0.05, 0) is 32.4 Å². The van der Waals surface area contributed by atoms with Gasteiger partial charge in [-0.2, -0.15) is 0 Å². The highest BCUT2D eigenvalue weighted by Crippen LogP contribution is 2.19. The van der Waals surface area contributed by atoms with Gasteiger partial charge < -0.3 is 79.2 Å². The van der Waals surface area contributed by atoms with Crippen molar-refractivity contribution < 1.29 is 68.7 Å². The van der Waals surface area contributed by atoms with Crippen LogP contribution in [0.25, 0.3) is 10.9 Å². The van der Waals surface area contributed by atoms with E-state index >= 15 is 0 Å². The van der Waals surface area contributed by atoms with Gasteiger partial charge in [-0.25, -0.2) is 4.79 Å². The first-order valence-electron chi connectivity index (χ1n) is 17.7. The molecule has 17 N–H and O–H groups in total. The van der Waals surface area contributed by atoms with Crippen molar-refractivity contribution in [1.29, 1.82) is 0 Å². The summed E-state index contributed by atoms with van der Waals surface area (Å²) in [6.45, 7) is 0.853. The van der Waals surface area contributed by atoms with Gasteiger partial charge in [0.2, 0.25) is 47.3 Å². The maximum Gasteiger partial charge on any atom is 0.328 e. The van der Waals surface area contributed by atoms with Gasteiger partial charge in [0.05, 0.1) is 44.4 Å². The predicted octanol–water partition coefficient (Wildman–Crippen LogP) is -7.21. The zero-order chi connectivity index (χ0) is 43.9. The summed E-state index contributed by atoms with van der Waals surface area (Å²) in [5.41, 5.74) is 12.1. The number of para-hydroxylation sites is 1. The van der Waals surface area contributed by atoms with Crippen LogP contribution in [0.3, 0.4) is 0 Å². The number of fused-ring (bicyclic) bond motifs is 1. The number of hydrogen-bond acceptors (Lipinski definition) is 14. The Bertz CT molecular complexity index is 1820. The maximum absolute atomic E-state index is 13.7. The first kappa shape index (κ1) is 47.9. The van der Waals surface area contributed by atoms with Crippen LogP contribution < -0.4 is 48.7 Å². The van der Waals surface area contributed by atoms with Gasteiger partial charge in [-0.15, -0.1) is 0 Å². The molecule has 0 unspecified atom stereocenters. The monoisotopic (exact) mass is 822 g/mol. The number of amides is 8. The van der Waals surface area contributed by atoms with E-state index in [0.29, 0.717) is 16.5 Å². The Hall–Kier alpha value is -6.21. The second-order valence-corrected chi connectivity index (χ2v) is 13.2. The normalized spacial score (nSPS) is 15.7. The Morgan fingerprint density at radius 3 is 1.81 bits per heavy atom. The highest BCUT2D eigenvalue weighted by Gasteiger charge is 2.34. The Balaban J connectivity index is 2.15. The predicted molar refractivity (Wildman–Crippen MR) is 199 cm³/mol. The molecule has 0 aliphatic carbocycles. The molecule has 24 nitrogen and oxygen atoms in total. The Kier molecular flexibility index (Phi) is 18.6. The SMILES string of the molecule is C[C@@H](O)[C@H](N)C(=O)N[C@@H](CO)C(=O)N[C@@H](Cc1c[nH]c2ccccc12)C(=O)N[C@@H](CC(N)=O)C(=O)NCC(=O)NCC(=O)N[C@H](C(=O)N[C@H](C(=O)O)[C@@H](C)O)[C@@H](C)O. The van der Waals surface area contributed by atoms with Crippen LogP contribution in [0.15, 0.2) is 30.5 Å². The fourth-order valence-corrected chi connectivity index (χ4v) is 5.16. The number of carboxylic acid groups (broad SMARTS) is 1. The smallest absolute Gasteiger partial charge is 0.328 e. The van der Waals surface area contributed by atoms with Gasteiger partial charge >= 0.3 is 5.97 Å². The van der Waals surface area contributed by atoms with Crippen molar-refractivity contribution in [3.8, 4) is 0 Å². The number of nitrogens with two attached hydrogens (primary N) is 2. The van der Waals surface area contributed by atoms with Crippen molar-refractivity contribution in [2.45, 2.75) is 88.2 Å². The van der Waals surface area contributed by atoms with Crippen LogP contribution in [0.1, 0.15) is 32.8 Å². The molecule has 24 heteroatoms. The van der Waals surface area contributed by atoms with Crippen LogP contribution in [0, 0.1) is 0 Å². The Labute approximate surface area is 330 Å². The minimum atomic E-state index is -1.76. The minimum Gasteiger partial charge on any atom is -0.480 e. The lowest BCUT2D eigenvalue weighted by molar-refractivity contribution is -0.145. The fourth-order valence-electron chi connectivity index (χ4n) is 5.16. The number of nitrogens with one attached hydrogen (secondary N) is 8. The quantitative estimate of drug-likeness (QED) is 0.0495. The number of hydrogen-bond donors (Lipinski definition) is 15. The summed E-state index contributed by atoms with van der Waals surface area (Å²) in [7, 11) is 0. The number of aliphatic hydroxyl groups excluding tert-OH is 4. The second kappa shape index (κ2) is 22.5. The van der Waals surface area contributed by atoms with E-state index in [0.717, 1.165) is 13.8 Å². The van der Waals surface area contributed by atoms with Gasteiger partial charge in [0.15, 0.2) is 6.04 Å². The topological polar surface area (TPSA) is 407 Å². The van der Waals surface area contributed by atoms with E-state index in [-0.39, 0.29) is 6.42 Å². The number of carbonyl (C=O) groups is 9. The van der Waals surface area contributed by atoms with Crippen LogP contribution in [0.2, 0.25) is 0 Å². The molecule has 0 saturated heterocycles. The van der Waals surface area contributed by atoms with Crippen LogP contribution >= 0.6 is 0 Å². The zero-order valence-corrected chi connectivity index (χ0v) is 31.7. The Morgan fingerprint density at radius 2 is 1.24 bits per heavy atom. The van der Waals surface area contributed by atoms with E-state index in [9.17, 15) is 68.7 Å². The van der Waals surface area contributed by atoms with E-state index in [1.54, 1.807) is 30.5 Å². The van der Waals surface area contributed by atoms with Crippen molar-refractivity contribution in [3.05, 3.63) is 36.0 Å². The number of carboxylic acids is 1. The second-order valence-electron chi connectivity index (χ2n) is 13.2. The minimum absolute atomic E-state index is 0.228. The number of aromatic nitrogens is 1. The summed E-state index contributed by atoms with van der Waals surface area (Å²) in [5, 5.41) is 64.1. The van der Waals surface area contributed by atoms with Crippen molar-refractivity contribution >= 4 is 64.1 Å². The number of carbonyl (C=O) groups excluding carboxylic acids is 8. The summed E-state index contributed by atoms with van der Waals surface area (Å²) < 4.78 is 0. The van der Waals surface area contributed by atoms with Crippen molar-refractivity contribution in [2.24, 2.45) is 11.5 Å². The average Bonchev–Trinajstić information content (AvgIpc) is 3.56. The number of primary amides is 1. The van der Waals surface area contributed by atoms with Crippen LogP contribution in [0.5, 0.6) is 0 Å². The molecular formula is C34H50N10O14. The molecule has 58 heavy (non-hydrogen) atoms. The first-order chi connectivity index (χ1) is 27.2. The van der Waals surface area contributed by atoms with Gasteiger partial charge in [0.25, 0.3) is 0 Å². The van der Waals surface area contributed by atoms with E-state index < -0.39 is 134 Å². The van der Waals surface area contributed by atoms with Gasteiger partial charge in [0.1, 0.15) is 30.2 Å². The van der Waals surface area contributed by atoms with Crippen molar-refractivity contribution in [1.82, 2.24) is 42.2 Å². The molecule has 1 heterocycles. The molecule has 0 radical (unpaired) electrons. The number of H-pyrrole nitrogens is 1. The largest absolute Gasteiger partial charge is 0.480 e. The van der Waals surface area contributed by atoms with E-state index in [2.05, 4.69) is 36.9 Å². The lowest BCUT2D eigenvalue weighted by Crippen LogP contribution is -2.60. The molecule has 8 amide bonds. The summed E-state index contributed by atoms with van der Waals surface area (Å²) in [6, 6.07) is -2.88. The molecule has 0 aliphatic heterocycles. The zero-order valence-electron chi connectivity index (χ0n) is 31.7. The molecule has 0 spiro atoms. The fraction of sp³-hybridized carbons (Fsp3) is 0.500. The molecular weight excluding hydrogens is 772 g/mol. The number of aromatic amines is 1. The number of aliphatic carboxylic acids is 1. The molecule has 320 valence electrons. The highest BCUT2D eigenvalue weighted by molar-refractivity contribution is 5.98. The van der Waals surface area contributed by atoms with Crippen molar-refractivity contribution in [3.63, 3.8) is 0 Å². The standard InChI is InChI=1S/C34H50N10O14/c1-14(46)26(36)32(55)42-22(13-45)31(54)40-20(8-17-10-37-19-7-5-4-6-18(17)19)30(53)41-21(9-23(35)49)29(52)39-11-24(50)38-12-25(51)43-27(15(2)47)33(56)44-28(16(3)48)34(57)58/h4-7,10,14-16,20-22,26-28,37,45-48H,8-9,11-13,36H2,1-3H3,(H2,35,49)(H,38,50)(H,39,52)(H,40,54)(H,41,53)(H,42,55)(H,43,51)(H,44,56)(H,57,58)/t14-,15-,16-,20+,21+,22+,26+,27+,28+/m1/s1. The molecule has 1 aromatic carbocycles. The van der Waals surface area contributed by atoms with Crippen molar-refractivity contribution in [2.75, 3.05) is 19.7 Å². The molecule has 2 rings (SSSR count). The van der Waals surface area contributed by atoms with E-state index in [1.165, 1.54) is 6.92 Å². The summed E-state index contributed by atoms with van der Waals surface area (Å²) in [4.78, 5) is 116. The molecule has 0 fully saturated rings. The summed E-state index contributed by atoms with van der Waals surface area (Å²) >= 11 is 0. The molecule has 9 atom stereocenters. The Morgan fingerprint density at radius 1 is 0.672 bits per heavy atom. The molecule has 0 saturated carbocycles. The lowest BCUT2D eigenvalue weighted by atomic mass is 10.0. The third kappa shape index (κ3) is 14.7. The highest BCUT2D eigenvalue weighted by atomic mass is 16.4. The summed E-state index contributed by atoms with van der Waals surface area (Å²) in [6.07, 6.45) is -3.85. The summed E-state index contributed by atoms with van der Waals surface area (Å²) in [5.74, 6) is -10.00. The molecule has 0 bridgehead atoms. The lowest BCUT2D eigenvalue weighted by Gasteiger charge is -2.25. The number of benzene rings is 1. The third-order valence-electron chi connectivity index (χ3n) is 8.41. The number of aliphatic hydroxyl groups is 4. The molecule has 1 aromatic heterocycles. The van der Waals surface area contributed by atoms with Gasteiger partial charge in [-0.1, -0.05) is 18.2 Å². The van der Waals surface area contributed by atoms with Crippen LogP contribution in [0.4, 0.5) is 0 Å². The van der Waals surface area contributed by atoms with Gasteiger partial charge in [-0.3, -0.25) is 38.4 Å². The van der Waals surface area contributed by atoms with E-state index in [4.69, 9.17) is 11.5 Å². The average molecular weight is 823 g/mol. The number of rotatable bonds is 23. The molecule has 0 aliphatic rings. The van der Waals surface area contributed by atoms with Crippen LogP contribution in [-0.4, -0.2) is 158 Å². The first-order valence-corrected chi connectivity index (χ1v) is 17.7. The molecule has 2 aromatic rings. The van der Waals surface area contributed by atoms with E-state index in [1.807, 2.05) is 5.32 Å². The van der Waals surface area contributed by atoms with Gasteiger partial charge in [0, 0.05) is 23.5 Å². The van der Waals surface area contributed by atoms with Crippen LogP contribution in [-0.2, 0) is 49.6 Å².